The summed E-state index contributed by atoms with van der Waals surface area (Å²) in [5.74, 6) is -1.82. The van der Waals surface area contributed by atoms with Crippen LogP contribution in [0, 0.1) is 0 Å². The van der Waals surface area contributed by atoms with Gasteiger partial charge in [0.05, 0.1) is 40.3 Å². The minimum Gasteiger partial charge on any atom is -0.544 e. The number of esters is 2. The Kier molecular flexibility index (Phi) is 35.5. The second-order valence-corrected chi connectivity index (χ2v) is 15.2. The molecule has 0 rings (SSSR count). The van der Waals surface area contributed by atoms with Crippen LogP contribution in [0.4, 0.5) is 0 Å². The molecular weight excluding hydrogens is 691 g/mol. The van der Waals surface area contributed by atoms with Crippen LogP contribution in [0.15, 0.2) is 72.9 Å². The standard InChI is InChI=1S/C47H79NO7/c1-6-8-10-12-14-16-18-19-20-21-22-23-24-25-26-27-28-30-32-34-36-38-46(50)55-43(41-53-40-39-44(47(51)52)48(3,4)5)42-54-45(49)37-35-33-31-29-17-15-13-11-9-7-2/h13-16,19-20,22-23,25-26,28,30,43-44H,6-12,17-18,21,24,27,29,31-42H2,1-5H3/b15-13+,16-14+,20-19+,23-22+,26-25+,30-28+. The molecule has 0 aromatic rings. The van der Waals surface area contributed by atoms with Crippen molar-refractivity contribution in [2.75, 3.05) is 41.0 Å². The molecule has 0 spiro atoms. The number of carboxylic acid groups (broad SMARTS) is 1. The predicted octanol–water partition coefficient (Wildman–Crippen LogP) is 10.2. The van der Waals surface area contributed by atoms with Gasteiger partial charge in [0.2, 0.25) is 0 Å². The highest BCUT2D eigenvalue weighted by Crippen LogP contribution is 2.11. The molecule has 0 fully saturated rings. The molecule has 0 saturated heterocycles. The van der Waals surface area contributed by atoms with E-state index < -0.39 is 18.1 Å². The van der Waals surface area contributed by atoms with Crippen molar-refractivity contribution in [1.82, 2.24) is 0 Å². The number of hydrogen-bond acceptors (Lipinski definition) is 7. The smallest absolute Gasteiger partial charge is 0.306 e. The molecule has 0 amide bonds. The molecule has 0 bridgehead atoms. The summed E-state index contributed by atoms with van der Waals surface area (Å²) in [4.78, 5) is 36.7. The van der Waals surface area contributed by atoms with Gasteiger partial charge in [-0.2, -0.15) is 0 Å². The van der Waals surface area contributed by atoms with Crippen LogP contribution >= 0.6 is 0 Å². The van der Waals surface area contributed by atoms with Crippen LogP contribution in [0.3, 0.4) is 0 Å². The lowest BCUT2D eigenvalue weighted by molar-refractivity contribution is -0.889. The summed E-state index contributed by atoms with van der Waals surface area (Å²) in [6.45, 7) is 4.51. The number of likely N-dealkylation sites (N-methyl/N-ethyl adjacent to an activating group) is 1. The maximum Gasteiger partial charge on any atom is 0.306 e. The van der Waals surface area contributed by atoms with Gasteiger partial charge in [0, 0.05) is 19.3 Å². The largest absolute Gasteiger partial charge is 0.544 e. The highest BCUT2D eigenvalue weighted by atomic mass is 16.6. The van der Waals surface area contributed by atoms with Gasteiger partial charge in [-0.05, 0) is 83.5 Å². The fourth-order valence-electron chi connectivity index (χ4n) is 5.66. The van der Waals surface area contributed by atoms with Gasteiger partial charge >= 0.3 is 11.9 Å². The molecule has 0 aromatic carbocycles. The SMILES string of the molecule is CCCC/C=C/CCCCCCC(=O)OCC(COCCC(C(=O)[O-])[N+](C)(C)C)OC(=O)CCCC/C=C/C/C=C/C/C=C/C/C=C/C/C=C/CCCCC. The normalized spacial score (nSPS) is 13.7. The average molecular weight is 770 g/mol. The second-order valence-electron chi connectivity index (χ2n) is 15.2. The topological polar surface area (TPSA) is 102 Å². The van der Waals surface area contributed by atoms with Crippen molar-refractivity contribution in [3.63, 3.8) is 0 Å². The van der Waals surface area contributed by atoms with Crippen molar-refractivity contribution in [3.05, 3.63) is 72.9 Å². The number of ether oxygens (including phenoxy) is 3. The van der Waals surface area contributed by atoms with Crippen LogP contribution in [0.25, 0.3) is 0 Å². The number of hydrogen-bond donors (Lipinski definition) is 0. The number of unbranched alkanes of at least 4 members (excludes halogenated alkanes) is 11. The number of quaternary nitrogens is 1. The third-order valence-electron chi connectivity index (χ3n) is 9.07. The lowest BCUT2D eigenvalue weighted by atomic mass is 10.1. The maximum absolute atomic E-state index is 12.7. The van der Waals surface area contributed by atoms with Gasteiger partial charge in [-0.15, -0.1) is 0 Å². The van der Waals surface area contributed by atoms with Crippen LogP contribution < -0.4 is 5.11 Å². The van der Waals surface area contributed by atoms with Gasteiger partial charge in [0.1, 0.15) is 12.6 Å². The molecule has 0 heterocycles. The maximum atomic E-state index is 12.7. The monoisotopic (exact) mass is 770 g/mol. The predicted molar refractivity (Wildman–Crippen MR) is 226 cm³/mol. The van der Waals surface area contributed by atoms with Gasteiger partial charge in [-0.1, -0.05) is 125 Å². The first-order valence-corrected chi connectivity index (χ1v) is 21.5. The highest BCUT2D eigenvalue weighted by molar-refractivity contribution is 5.70. The Morgan fingerprint density at radius 1 is 0.545 bits per heavy atom. The summed E-state index contributed by atoms with van der Waals surface area (Å²) in [6.07, 6.45) is 46.5. The van der Waals surface area contributed by atoms with E-state index in [9.17, 15) is 19.5 Å². The first-order valence-electron chi connectivity index (χ1n) is 21.5. The number of carbonyl (C=O) groups excluding carboxylic acids is 3. The van der Waals surface area contributed by atoms with Gasteiger partial charge in [0.25, 0.3) is 0 Å². The summed E-state index contributed by atoms with van der Waals surface area (Å²) in [5, 5.41) is 11.6. The molecule has 2 atom stereocenters. The Balaban J connectivity index is 4.44. The molecule has 314 valence electrons. The molecule has 2 unspecified atom stereocenters. The molecule has 0 aliphatic carbocycles. The van der Waals surface area contributed by atoms with E-state index in [1.54, 1.807) is 21.1 Å². The van der Waals surface area contributed by atoms with Crippen molar-refractivity contribution in [1.29, 1.82) is 0 Å². The molecule has 0 aliphatic rings. The minimum atomic E-state index is -1.14. The lowest BCUT2D eigenvalue weighted by Gasteiger charge is -2.34. The van der Waals surface area contributed by atoms with E-state index in [4.69, 9.17) is 14.2 Å². The number of carboxylic acids is 1. The van der Waals surface area contributed by atoms with E-state index in [0.29, 0.717) is 12.8 Å². The van der Waals surface area contributed by atoms with Crippen molar-refractivity contribution in [3.8, 4) is 0 Å². The van der Waals surface area contributed by atoms with Crippen molar-refractivity contribution >= 4 is 17.9 Å². The molecule has 55 heavy (non-hydrogen) atoms. The zero-order valence-electron chi connectivity index (χ0n) is 35.6. The van der Waals surface area contributed by atoms with E-state index in [1.165, 1.54) is 38.5 Å². The van der Waals surface area contributed by atoms with E-state index in [1.807, 2.05) is 0 Å². The fourth-order valence-corrected chi connectivity index (χ4v) is 5.66. The Labute approximate surface area is 336 Å². The Bertz CT molecular complexity index is 1130. The third-order valence-corrected chi connectivity index (χ3v) is 9.07. The quantitative estimate of drug-likeness (QED) is 0.0268. The second kappa shape index (κ2) is 37.7. The lowest BCUT2D eigenvalue weighted by Crippen LogP contribution is -2.55. The van der Waals surface area contributed by atoms with Gasteiger partial charge in [-0.3, -0.25) is 9.59 Å². The van der Waals surface area contributed by atoms with Crippen LogP contribution in [0.1, 0.15) is 155 Å². The summed E-state index contributed by atoms with van der Waals surface area (Å²) < 4.78 is 17.1. The summed E-state index contributed by atoms with van der Waals surface area (Å²) in [7, 11) is 5.37. The summed E-state index contributed by atoms with van der Waals surface area (Å²) in [6, 6.07) is -0.738. The van der Waals surface area contributed by atoms with E-state index >= 15 is 0 Å². The van der Waals surface area contributed by atoms with Crippen LogP contribution in [0.5, 0.6) is 0 Å². The first-order chi connectivity index (χ1) is 26.6. The van der Waals surface area contributed by atoms with Crippen molar-refractivity contribution in [2.24, 2.45) is 0 Å². The van der Waals surface area contributed by atoms with Crippen molar-refractivity contribution in [2.45, 2.75) is 167 Å². The van der Waals surface area contributed by atoms with E-state index in [2.05, 4.69) is 86.8 Å². The van der Waals surface area contributed by atoms with Gasteiger partial charge in [-0.25, -0.2) is 0 Å². The zero-order chi connectivity index (χ0) is 40.7. The molecule has 0 aromatic heterocycles. The fraction of sp³-hybridized carbons (Fsp3) is 0.681. The Hall–Kier alpha value is -3.23. The molecular formula is C47H79NO7. The number of allylic oxidation sites excluding steroid dienone is 12. The molecule has 8 heteroatoms. The molecule has 0 saturated carbocycles. The summed E-state index contributed by atoms with van der Waals surface area (Å²) >= 11 is 0. The van der Waals surface area contributed by atoms with Gasteiger partial charge < -0.3 is 28.6 Å². The van der Waals surface area contributed by atoms with Crippen LogP contribution in [-0.4, -0.2) is 75.5 Å². The highest BCUT2D eigenvalue weighted by Gasteiger charge is 2.25. The van der Waals surface area contributed by atoms with Crippen LogP contribution in [0.2, 0.25) is 0 Å². The van der Waals surface area contributed by atoms with Crippen LogP contribution in [-0.2, 0) is 28.6 Å². The van der Waals surface area contributed by atoms with E-state index in [0.717, 1.165) is 77.0 Å². The average Bonchev–Trinajstić information content (AvgIpc) is 3.14. The summed E-state index contributed by atoms with van der Waals surface area (Å²) in [5.41, 5.74) is 0. The Morgan fingerprint density at radius 2 is 0.982 bits per heavy atom. The van der Waals surface area contributed by atoms with Gasteiger partial charge in [0.15, 0.2) is 6.10 Å². The number of rotatable bonds is 37. The first kappa shape index (κ1) is 51.8. The van der Waals surface area contributed by atoms with E-state index in [-0.39, 0.29) is 49.1 Å². The molecule has 0 radical (unpaired) electrons. The number of aliphatic carboxylic acids is 1. The number of carbonyl (C=O) groups is 3. The molecule has 0 aliphatic heterocycles. The molecule has 0 N–H and O–H groups in total. The zero-order valence-corrected chi connectivity index (χ0v) is 35.6. The minimum absolute atomic E-state index is 0.0158. The number of nitrogens with zero attached hydrogens (tertiary/aromatic N) is 1. The van der Waals surface area contributed by atoms with Crippen molar-refractivity contribution < 1.29 is 38.2 Å². The Morgan fingerprint density at radius 3 is 1.51 bits per heavy atom. The third kappa shape index (κ3) is 36.2. The molecule has 8 nitrogen and oxygen atoms in total.